The van der Waals surface area contributed by atoms with Crippen LogP contribution in [-0.4, -0.2) is 43.7 Å². The summed E-state index contributed by atoms with van der Waals surface area (Å²) in [6, 6.07) is 2.27. The number of hydrogen-bond acceptors (Lipinski definition) is 4. The number of hydrogen-bond donors (Lipinski definition) is 2. The minimum atomic E-state index is -4.75. The van der Waals surface area contributed by atoms with E-state index in [9.17, 15) is 21.6 Å². The predicted octanol–water partition coefficient (Wildman–Crippen LogP) is 1.78. The van der Waals surface area contributed by atoms with Gasteiger partial charge in [0.2, 0.25) is 10.0 Å². The number of halogens is 4. The molecule has 1 aromatic carbocycles. The number of aliphatic hydroxyl groups is 1. The molecule has 0 radical (unpaired) electrons. The van der Waals surface area contributed by atoms with Crippen LogP contribution in [0.25, 0.3) is 0 Å². The summed E-state index contributed by atoms with van der Waals surface area (Å²) in [5, 5.41) is 8.55. The van der Waals surface area contributed by atoms with E-state index in [1.807, 2.05) is 0 Å². The van der Waals surface area contributed by atoms with Gasteiger partial charge in [-0.2, -0.15) is 17.5 Å². The lowest BCUT2D eigenvalue weighted by molar-refractivity contribution is -0.136. The van der Waals surface area contributed by atoms with Gasteiger partial charge in [0.05, 0.1) is 11.6 Å². The number of nitrogens with zero attached hydrogens (tertiary/aromatic N) is 1. The first-order valence-corrected chi connectivity index (χ1v) is 7.54. The molecular weight excluding hydrogens is 333 g/mol. The second kappa shape index (κ2) is 6.39. The summed E-state index contributed by atoms with van der Waals surface area (Å²) < 4.78 is 62.1. The molecule has 0 amide bonds. The molecule has 0 aliphatic carbocycles. The Kier molecular flexibility index (Phi) is 5.48. The molecule has 3 N–H and O–H groups in total. The lowest BCUT2D eigenvalue weighted by atomic mass is 10.2. The molecule has 5 nitrogen and oxygen atoms in total. The van der Waals surface area contributed by atoms with Crippen LogP contribution in [0.3, 0.4) is 0 Å². The Bertz CT molecular complexity index is 620. The van der Waals surface area contributed by atoms with Gasteiger partial charge in [-0.25, -0.2) is 8.42 Å². The third-order valence-electron chi connectivity index (χ3n) is 2.64. The number of sulfonamides is 1. The standard InChI is InChI=1S/C11H14ClF3N2O3S/c1-7-4-8(12)10(5-9(7)16)21(19,20)17(2-3-18)6-11(13,14)15/h4-5,18H,2-3,6,16H2,1H3. The zero-order chi connectivity index (χ0) is 16.4. The van der Waals surface area contributed by atoms with Crippen LogP contribution in [0.2, 0.25) is 5.02 Å². The minimum absolute atomic E-state index is 0.0916. The average molecular weight is 347 g/mol. The second-order valence-corrected chi connectivity index (χ2v) is 6.63. The van der Waals surface area contributed by atoms with Crippen molar-refractivity contribution in [1.29, 1.82) is 0 Å². The van der Waals surface area contributed by atoms with E-state index >= 15 is 0 Å². The molecule has 21 heavy (non-hydrogen) atoms. The zero-order valence-electron chi connectivity index (χ0n) is 11.0. The first-order chi connectivity index (χ1) is 9.49. The number of anilines is 1. The highest BCUT2D eigenvalue weighted by atomic mass is 35.5. The highest BCUT2D eigenvalue weighted by Gasteiger charge is 2.37. The lowest BCUT2D eigenvalue weighted by Crippen LogP contribution is -2.40. The van der Waals surface area contributed by atoms with Crippen molar-refractivity contribution < 1.29 is 26.7 Å². The van der Waals surface area contributed by atoms with E-state index in [0.717, 1.165) is 6.07 Å². The number of rotatable bonds is 5. The van der Waals surface area contributed by atoms with Crippen LogP contribution in [0.5, 0.6) is 0 Å². The molecule has 0 spiro atoms. The fourth-order valence-electron chi connectivity index (χ4n) is 1.60. The van der Waals surface area contributed by atoms with E-state index in [-0.39, 0.29) is 15.0 Å². The van der Waals surface area contributed by atoms with Crippen molar-refractivity contribution in [2.75, 3.05) is 25.4 Å². The van der Waals surface area contributed by atoms with Gasteiger partial charge in [0, 0.05) is 12.2 Å². The molecule has 0 bridgehead atoms. The van der Waals surface area contributed by atoms with Crippen LogP contribution in [0.4, 0.5) is 18.9 Å². The minimum Gasteiger partial charge on any atom is -0.398 e. The van der Waals surface area contributed by atoms with Crippen LogP contribution >= 0.6 is 11.6 Å². The molecule has 0 aliphatic rings. The summed E-state index contributed by atoms with van der Waals surface area (Å²) in [5.74, 6) is 0. The van der Waals surface area contributed by atoms with Gasteiger partial charge in [0.1, 0.15) is 11.4 Å². The number of nitrogens with two attached hydrogens (primary N) is 1. The quantitative estimate of drug-likeness (QED) is 0.796. The maximum atomic E-state index is 12.5. The van der Waals surface area contributed by atoms with Crippen LogP contribution < -0.4 is 5.73 Å². The molecule has 10 heteroatoms. The van der Waals surface area contributed by atoms with E-state index in [1.54, 1.807) is 6.92 Å². The van der Waals surface area contributed by atoms with Gasteiger partial charge >= 0.3 is 6.18 Å². The normalized spacial score (nSPS) is 12.9. The molecule has 0 aromatic heterocycles. The van der Waals surface area contributed by atoms with Gasteiger partial charge in [-0.15, -0.1) is 0 Å². The first-order valence-electron chi connectivity index (χ1n) is 5.72. The summed E-state index contributed by atoms with van der Waals surface area (Å²) in [4.78, 5) is -0.523. The number of alkyl halides is 3. The Morgan fingerprint density at radius 3 is 2.43 bits per heavy atom. The topological polar surface area (TPSA) is 83.6 Å². The van der Waals surface area contributed by atoms with Crippen molar-refractivity contribution in [3.05, 3.63) is 22.7 Å². The van der Waals surface area contributed by atoms with E-state index in [2.05, 4.69) is 0 Å². The van der Waals surface area contributed by atoms with Crippen LogP contribution in [-0.2, 0) is 10.0 Å². The van der Waals surface area contributed by atoms with E-state index in [0.29, 0.717) is 5.56 Å². The molecule has 1 aromatic rings. The lowest BCUT2D eigenvalue weighted by Gasteiger charge is -2.23. The third-order valence-corrected chi connectivity index (χ3v) is 4.95. The van der Waals surface area contributed by atoms with Gasteiger partial charge in [0.15, 0.2) is 0 Å². The fourth-order valence-corrected chi connectivity index (χ4v) is 3.61. The number of aliphatic hydroxyl groups excluding tert-OH is 1. The average Bonchev–Trinajstić information content (AvgIpc) is 2.31. The van der Waals surface area contributed by atoms with E-state index < -0.39 is 40.8 Å². The first kappa shape index (κ1) is 18.0. The fraction of sp³-hybridized carbons (Fsp3) is 0.455. The Labute approximate surface area is 125 Å². The molecule has 120 valence electrons. The molecule has 0 unspecified atom stereocenters. The molecule has 0 aliphatic heterocycles. The molecule has 0 saturated heterocycles. The smallest absolute Gasteiger partial charge is 0.398 e. The van der Waals surface area contributed by atoms with Crippen LogP contribution in [0.1, 0.15) is 5.56 Å². The SMILES string of the molecule is Cc1cc(Cl)c(S(=O)(=O)N(CCO)CC(F)(F)F)cc1N. The maximum Gasteiger partial charge on any atom is 0.402 e. The van der Waals surface area contributed by atoms with Crippen molar-refractivity contribution in [2.24, 2.45) is 0 Å². The summed E-state index contributed by atoms with van der Waals surface area (Å²) >= 11 is 5.80. The Balaban J connectivity index is 3.32. The molecule has 0 atom stereocenters. The van der Waals surface area contributed by atoms with Gasteiger partial charge in [-0.05, 0) is 24.6 Å². The van der Waals surface area contributed by atoms with Crippen molar-refractivity contribution in [3.63, 3.8) is 0 Å². The molecule has 1 rings (SSSR count). The number of nitrogen functional groups attached to an aromatic ring is 1. The van der Waals surface area contributed by atoms with Crippen LogP contribution in [0, 0.1) is 6.92 Å². The maximum absolute atomic E-state index is 12.5. The Morgan fingerprint density at radius 2 is 1.95 bits per heavy atom. The largest absolute Gasteiger partial charge is 0.402 e. The number of benzene rings is 1. The zero-order valence-corrected chi connectivity index (χ0v) is 12.6. The van der Waals surface area contributed by atoms with Gasteiger partial charge < -0.3 is 10.8 Å². The summed E-state index contributed by atoms with van der Waals surface area (Å²) in [6.45, 7) is -1.60. The highest BCUT2D eigenvalue weighted by molar-refractivity contribution is 7.89. The Morgan fingerprint density at radius 1 is 1.38 bits per heavy atom. The summed E-state index contributed by atoms with van der Waals surface area (Å²) in [7, 11) is -4.52. The Hall–Kier alpha value is -1.03. The van der Waals surface area contributed by atoms with E-state index in [4.69, 9.17) is 22.4 Å². The highest BCUT2D eigenvalue weighted by Crippen LogP contribution is 2.30. The second-order valence-electron chi connectivity index (χ2n) is 4.32. The summed E-state index contributed by atoms with van der Waals surface area (Å²) in [5.41, 5.74) is 6.17. The van der Waals surface area contributed by atoms with Crippen molar-refractivity contribution in [1.82, 2.24) is 4.31 Å². The van der Waals surface area contributed by atoms with Gasteiger partial charge in [-0.1, -0.05) is 11.6 Å². The van der Waals surface area contributed by atoms with Gasteiger partial charge in [-0.3, -0.25) is 0 Å². The van der Waals surface area contributed by atoms with Crippen molar-refractivity contribution >= 4 is 27.3 Å². The van der Waals surface area contributed by atoms with Crippen molar-refractivity contribution in [3.8, 4) is 0 Å². The molecular formula is C11H14ClF3N2O3S. The molecule has 0 heterocycles. The molecule has 0 saturated carbocycles. The summed E-state index contributed by atoms with van der Waals surface area (Å²) in [6.07, 6.45) is -4.75. The number of aryl methyl sites for hydroxylation is 1. The monoisotopic (exact) mass is 346 g/mol. The van der Waals surface area contributed by atoms with E-state index in [1.165, 1.54) is 6.07 Å². The van der Waals surface area contributed by atoms with Gasteiger partial charge in [0.25, 0.3) is 0 Å². The molecule has 0 fully saturated rings. The predicted molar refractivity (Wildman–Crippen MR) is 72.5 cm³/mol. The van der Waals surface area contributed by atoms with Crippen LogP contribution in [0.15, 0.2) is 17.0 Å². The van der Waals surface area contributed by atoms with Crippen molar-refractivity contribution in [2.45, 2.75) is 18.0 Å². The third kappa shape index (κ3) is 4.47.